The molecular weight excluding hydrogens is 384 g/mol. The lowest BCUT2D eigenvalue weighted by atomic mass is 9.92. The third kappa shape index (κ3) is 2.34. The zero-order chi connectivity index (χ0) is 14.3. The van der Waals surface area contributed by atoms with Crippen LogP contribution in [0.15, 0.2) is 63.6 Å². The number of carbonyl (C=O) groups excluding carboxylic acids is 1. The first-order chi connectivity index (χ1) is 9.56. The van der Waals surface area contributed by atoms with Crippen molar-refractivity contribution in [1.29, 1.82) is 0 Å². The van der Waals surface area contributed by atoms with Crippen LogP contribution < -0.4 is 4.74 Å². The van der Waals surface area contributed by atoms with Crippen molar-refractivity contribution in [3.63, 3.8) is 0 Å². The lowest BCUT2D eigenvalue weighted by Gasteiger charge is -2.27. The Morgan fingerprint density at radius 2 is 1.65 bits per heavy atom. The maximum absolute atomic E-state index is 12.4. The van der Waals surface area contributed by atoms with Gasteiger partial charge in [-0.3, -0.25) is 4.79 Å². The standard InChI is InChI=1S/C16H10Br2O2/c1-9-15(19)13-8-12(18)6-7-14(13)20-16(9)10-2-4-11(17)5-3-10/h2-8,16H,1H2. The first-order valence-electron chi connectivity index (χ1n) is 6.01. The van der Waals surface area contributed by atoms with Crippen LogP contribution in [0.5, 0.6) is 5.75 Å². The van der Waals surface area contributed by atoms with E-state index in [2.05, 4.69) is 38.4 Å². The van der Waals surface area contributed by atoms with Gasteiger partial charge in [-0.15, -0.1) is 0 Å². The first kappa shape index (κ1) is 13.6. The van der Waals surface area contributed by atoms with E-state index in [1.807, 2.05) is 30.3 Å². The minimum atomic E-state index is -0.427. The smallest absolute Gasteiger partial charge is 0.196 e. The molecule has 0 amide bonds. The van der Waals surface area contributed by atoms with Gasteiger partial charge in [0.05, 0.1) is 5.56 Å². The molecule has 0 aliphatic carbocycles. The molecule has 1 unspecified atom stereocenters. The van der Waals surface area contributed by atoms with Crippen LogP contribution in [0.3, 0.4) is 0 Å². The van der Waals surface area contributed by atoms with Crippen molar-refractivity contribution in [2.75, 3.05) is 0 Å². The molecule has 0 fully saturated rings. The van der Waals surface area contributed by atoms with E-state index in [1.54, 1.807) is 12.1 Å². The highest BCUT2D eigenvalue weighted by atomic mass is 79.9. The molecule has 1 atom stereocenters. The Balaban J connectivity index is 2.04. The van der Waals surface area contributed by atoms with Crippen molar-refractivity contribution < 1.29 is 9.53 Å². The maximum Gasteiger partial charge on any atom is 0.196 e. The van der Waals surface area contributed by atoms with Crippen LogP contribution in [-0.2, 0) is 0 Å². The summed E-state index contributed by atoms with van der Waals surface area (Å²) in [6.45, 7) is 3.90. The van der Waals surface area contributed by atoms with Crippen molar-refractivity contribution in [1.82, 2.24) is 0 Å². The second kappa shape index (κ2) is 5.19. The Morgan fingerprint density at radius 1 is 1.00 bits per heavy atom. The third-order valence-corrected chi connectivity index (χ3v) is 4.23. The Labute approximate surface area is 133 Å². The summed E-state index contributed by atoms with van der Waals surface area (Å²) >= 11 is 6.76. The van der Waals surface area contributed by atoms with E-state index in [0.29, 0.717) is 16.9 Å². The number of Topliss-reactive ketones (excluding diaryl/α,β-unsaturated/α-hetero) is 1. The van der Waals surface area contributed by atoms with Gasteiger partial charge in [-0.25, -0.2) is 0 Å². The molecule has 3 rings (SSSR count). The molecule has 2 aromatic carbocycles. The fourth-order valence-corrected chi connectivity index (χ4v) is 2.80. The Kier molecular flexibility index (Phi) is 3.52. The number of halogens is 2. The number of carbonyl (C=O) groups is 1. The van der Waals surface area contributed by atoms with Gasteiger partial charge in [-0.2, -0.15) is 0 Å². The van der Waals surface area contributed by atoms with Gasteiger partial charge < -0.3 is 4.74 Å². The quantitative estimate of drug-likeness (QED) is 0.631. The number of hydrogen-bond donors (Lipinski definition) is 0. The number of rotatable bonds is 1. The van der Waals surface area contributed by atoms with E-state index in [0.717, 1.165) is 14.5 Å². The van der Waals surface area contributed by atoms with E-state index < -0.39 is 6.10 Å². The molecule has 1 heterocycles. The van der Waals surface area contributed by atoms with Gasteiger partial charge in [0.2, 0.25) is 0 Å². The summed E-state index contributed by atoms with van der Waals surface area (Å²) < 4.78 is 7.77. The van der Waals surface area contributed by atoms with Crippen LogP contribution in [0.25, 0.3) is 0 Å². The zero-order valence-corrected chi connectivity index (χ0v) is 13.6. The molecule has 100 valence electrons. The van der Waals surface area contributed by atoms with Gasteiger partial charge in [0.25, 0.3) is 0 Å². The van der Waals surface area contributed by atoms with Gasteiger partial charge in [0, 0.05) is 14.5 Å². The Hall–Kier alpha value is -1.39. The van der Waals surface area contributed by atoms with Crippen molar-refractivity contribution >= 4 is 37.6 Å². The van der Waals surface area contributed by atoms with E-state index in [1.165, 1.54) is 0 Å². The maximum atomic E-state index is 12.4. The molecule has 2 nitrogen and oxygen atoms in total. The Bertz CT molecular complexity index is 705. The average Bonchev–Trinajstić information content (AvgIpc) is 2.44. The molecule has 2 aromatic rings. The predicted molar refractivity (Wildman–Crippen MR) is 85.1 cm³/mol. The molecule has 1 aliphatic rings. The van der Waals surface area contributed by atoms with Crippen LogP contribution >= 0.6 is 31.9 Å². The number of ketones is 1. The van der Waals surface area contributed by atoms with Crippen molar-refractivity contribution in [3.05, 3.63) is 74.7 Å². The second-order valence-corrected chi connectivity index (χ2v) is 6.38. The van der Waals surface area contributed by atoms with Gasteiger partial charge in [-0.05, 0) is 35.9 Å². The molecule has 0 bridgehead atoms. The van der Waals surface area contributed by atoms with Crippen molar-refractivity contribution in [2.24, 2.45) is 0 Å². The average molecular weight is 394 g/mol. The summed E-state index contributed by atoms with van der Waals surface area (Å²) in [5.74, 6) is 0.527. The lowest BCUT2D eigenvalue weighted by Crippen LogP contribution is -2.23. The summed E-state index contributed by atoms with van der Waals surface area (Å²) in [4.78, 5) is 12.4. The van der Waals surface area contributed by atoms with Crippen LogP contribution in [0.2, 0.25) is 0 Å². The van der Waals surface area contributed by atoms with Crippen LogP contribution in [0.4, 0.5) is 0 Å². The number of hydrogen-bond acceptors (Lipinski definition) is 2. The highest BCUT2D eigenvalue weighted by Gasteiger charge is 2.31. The topological polar surface area (TPSA) is 26.3 Å². The predicted octanol–water partition coefficient (Wildman–Crippen LogP) is 5.08. The fourth-order valence-electron chi connectivity index (χ4n) is 2.18. The zero-order valence-electron chi connectivity index (χ0n) is 10.4. The third-order valence-electron chi connectivity index (χ3n) is 3.21. The van der Waals surface area contributed by atoms with E-state index in [9.17, 15) is 4.79 Å². The molecule has 0 aromatic heterocycles. The summed E-state index contributed by atoms with van der Waals surface area (Å²) in [5.41, 5.74) is 1.93. The first-order valence-corrected chi connectivity index (χ1v) is 7.60. The SMILES string of the molecule is C=C1C(=O)c2cc(Br)ccc2OC1c1ccc(Br)cc1. The van der Waals surface area contributed by atoms with Gasteiger partial charge >= 0.3 is 0 Å². The summed E-state index contributed by atoms with van der Waals surface area (Å²) in [7, 11) is 0. The molecule has 0 radical (unpaired) electrons. The molecule has 0 N–H and O–H groups in total. The second-order valence-electron chi connectivity index (χ2n) is 4.54. The normalized spacial score (nSPS) is 17.6. The van der Waals surface area contributed by atoms with E-state index >= 15 is 0 Å². The fraction of sp³-hybridized carbons (Fsp3) is 0.0625. The van der Waals surface area contributed by atoms with E-state index in [-0.39, 0.29) is 5.78 Å². The van der Waals surface area contributed by atoms with Crippen LogP contribution in [0.1, 0.15) is 22.0 Å². The Morgan fingerprint density at radius 3 is 2.35 bits per heavy atom. The summed E-state index contributed by atoms with van der Waals surface area (Å²) in [6, 6.07) is 13.1. The van der Waals surface area contributed by atoms with E-state index in [4.69, 9.17) is 4.74 Å². The monoisotopic (exact) mass is 392 g/mol. The highest BCUT2D eigenvalue weighted by Crippen LogP contribution is 2.38. The van der Waals surface area contributed by atoms with Gasteiger partial charge in [0.1, 0.15) is 5.75 Å². The number of fused-ring (bicyclic) bond motifs is 1. The molecule has 4 heteroatoms. The molecule has 1 aliphatic heterocycles. The van der Waals surface area contributed by atoms with Crippen molar-refractivity contribution in [3.8, 4) is 5.75 Å². The summed E-state index contributed by atoms with van der Waals surface area (Å²) in [5, 5.41) is 0. The summed E-state index contributed by atoms with van der Waals surface area (Å²) in [6.07, 6.45) is -0.427. The molecule has 0 saturated heterocycles. The van der Waals surface area contributed by atoms with Crippen molar-refractivity contribution in [2.45, 2.75) is 6.10 Å². The lowest BCUT2D eigenvalue weighted by molar-refractivity contribution is 0.0962. The molecular formula is C16H10Br2O2. The molecule has 0 saturated carbocycles. The van der Waals surface area contributed by atoms with Crippen LogP contribution in [-0.4, -0.2) is 5.78 Å². The minimum Gasteiger partial charge on any atom is -0.480 e. The minimum absolute atomic E-state index is 0.0690. The highest BCUT2D eigenvalue weighted by molar-refractivity contribution is 9.10. The van der Waals surface area contributed by atoms with Gasteiger partial charge in [0.15, 0.2) is 11.9 Å². The number of benzene rings is 2. The van der Waals surface area contributed by atoms with Gasteiger partial charge in [-0.1, -0.05) is 50.6 Å². The molecule has 20 heavy (non-hydrogen) atoms. The largest absolute Gasteiger partial charge is 0.480 e. The number of ether oxygens (including phenoxy) is 1. The molecule has 0 spiro atoms. The van der Waals surface area contributed by atoms with Crippen LogP contribution in [0, 0.1) is 0 Å².